The summed E-state index contributed by atoms with van der Waals surface area (Å²) in [5.41, 5.74) is 2.48. The first-order valence-corrected chi connectivity index (χ1v) is 9.33. The maximum absolute atomic E-state index is 12.8. The van der Waals surface area contributed by atoms with E-state index in [4.69, 9.17) is 4.42 Å². The van der Waals surface area contributed by atoms with Gasteiger partial charge in [0.2, 0.25) is 5.82 Å². The monoisotopic (exact) mass is 387 g/mol. The Hall–Kier alpha value is -3.87. The van der Waals surface area contributed by atoms with E-state index in [2.05, 4.69) is 20.5 Å². The molecule has 146 valence electrons. The minimum Gasteiger partial charge on any atom is -0.461 e. The molecule has 7 heteroatoms. The maximum Gasteiger partial charge on any atom is 0.253 e. The maximum atomic E-state index is 12.8. The van der Waals surface area contributed by atoms with Crippen molar-refractivity contribution in [3.63, 3.8) is 0 Å². The van der Waals surface area contributed by atoms with Crippen LogP contribution in [0.2, 0.25) is 0 Å². The van der Waals surface area contributed by atoms with Crippen molar-refractivity contribution in [2.75, 3.05) is 18.5 Å². The minimum absolute atomic E-state index is 0.130. The fourth-order valence-electron chi connectivity index (χ4n) is 3.06. The highest BCUT2D eigenvalue weighted by molar-refractivity contribution is 6.00. The zero-order chi connectivity index (χ0) is 20.1. The first-order chi connectivity index (χ1) is 14.2. The van der Waals surface area contributed by atoms with Gasteiger partial charge in [-0.2, -0.15) is 5.10 Å². The standard InChI is InChI=1S/C22H21N5O2/c1-27(16-8-3-2-4-9-16)18-11-6-5-10-17(18)22(28)23-14-13-20-24-21(26-25-20)19-12-7-15-29-19/h2-12,15H,13-14H2,1H3,(H,23,28)(H,24,25,26). The summed E-state index contributed by atoms with van der Waals surface area (Å²) < 4.78 is 5.29. The number of anilines is 2. The predicted molar refractivity (Wildman–Crippen MR) is 111 cm³/mol. The fraction of sp³-hybridized carbons (Fsp3) is 0.136. The third-order valence-corrected chi connectivity index (χ3v) is 4.57. The Morgan fingerprint density at radius 3 is 2.66 bits per heavy atom. The molecule has 1 amide bonds. The van der Waals surface area contributed by atoms with Gasteiger partial charge in [-0.15, -0.1) is 0 Å². The van der Waals surface area contributed by atoms with Gasteiger partial charge in [-0.25, -0.2) is 4.98 Å². The molecule has 0 spiro atoms. The van der Waals surface area contributed by atoms with Gasteiger partial charge in [0.25, 0.3) is 5.91 Å². The van der Waals surface area contributed by atoms with Crippen LogP contribution in [0.5, 0.6) is 0 Å². The molecule has 7 nitrogen and oxygen atoms in total. The van der Waals surface area contributed by atoms with E-state index in [-0.39, 0.29) is 5.91 Å². The third-order valence-electron chi connectivity index (χ3n) is 4.57. The Morgan fingerprint density at radius 1 is 1.07 bits per heavy atom. The van der Waals surface area contributed by atoms with Crippen LogP contribution in [0.3, 0.4) is 0 Å². The zero-order valence-corrected chi connectivity index (χ0v) is 16.0. The molecular formula is C22H21N5O2. The van der Waals surface area contributed by atoms with Crippen LogP contribution in [-0.4, -0.2) is 34.7 Å². The predicted octanol–water partition coefficient (Wildman–Crippen LogP) is 3.81. The molecule has 0 fully saturated rings. The van der Waals surface area contributed by atoms with E-state index in [1.807, 2.05) is 66.5 Å². The van der Waals surface area contributed by atoms with Crippen LogP contribution in [0.1, 0.15) is 16.2 Å². The van der Waals surface area contributed by atoms with Crippen molar-refractivity contribution in [1.82, 2.24) is 20.5 Å². The normalized spacial score (nSPS) is 10.7. The first kappa shape index (κ1) is 18.5. The second kappa shape index (κ2) is 8.43. The number of aromatic nitrogens is 3. The molecule has 2 aromatic carbocycles. The molecule has 2 heterocycles. The highest BCUT2D eigenvalue weighted by Gasteiger charge is 2.15. The minimum atomic E-state index is -0.130. The van der Waals surface area contributed by atoms with Crippen LogP contribution in [0.4, 0.5) is 11.4 Å². The van der Waals surface area contributed by atoms with Crippen LogP contribution < -0.4 is 10.2 Å². The molecule has 4 aromatic rings. The molecule has 0 aliphatic carbocycles. The summed E-state index contributed by atoms with van der Waals surface area (Å²) in [5.74, 6) is 1.67. The summed E-state index contributed by atoms with van der Waals surface area (Å²) in [7, 11) is 1.95. The van der Waals surface area contributed by atoms with Gasteiger partial charge in [-0.3, -0.25) is 9.89 Å². The van der Waals surface area contributed by atoms with Gasteiger partial charge in [0.05, 0.1) is 17.5 Å². The molecule has 4 rings (SSSR count). The molecule has 0 aliphatic rings. The van der Waals surface area contributed by atoms with Crippen molar-refractivity contribution < 1.29 is 9.21 Å². The SMILES string of the molecule is CN(c1ccccc1)c1ccccc1C(=O)NCCc1nc(-c2ccco2)n[nH]1. The Kier molecular flexibility index (Phi) is 5.38. The average Bonchev–Trinajstić information content (AvgIpc) is 3.46. The number of hydrogen-bond donors (Lipinski definition) is 2. The molecule has 0 aliphatic heterocycles. The molecule has 29 heavy (non-hydrogen) atoms. The quantitative estimate of drug-likeness (QED) is 0.504. The number of rotatable bonds is 7. The molecular weight excluding hydrogens is 366 g/mol. The number of hydrogen-bond acceptors (Lipinski definition) is 5. The Morgan fingerprint density at radius 2 is 1.86 bits per heavy atom. The van der Waals surface area contributed by atoms with Crippen LogP contribution >= 0.6 is 0 Å². The summed E-state index contributed by atoms with van der Waals surface area (Å²) in [6.07, 6.45) is 2.12. The van der Waals surface area contributed by atoms with Crippen LogP contribution in [-0.2, 0) is 6.42 Å². The number of aromatic amines is 1. The highest BCUT2D eigenvalue weighted by atomic mass is 16.3. The van der Waals surface area contributed by atoms with Crippen molar-refractivity contribution in [1.29, 1.82) is 0 Å². The Bertz CT molecular complexity index is 1070. The van der Waals surface area contributed by atoms with Crippen molar-refractivity contribution in [3.8, 4) is 11.6 Å². The lowest BCUT2D eigenvalue weighted by Crippen LogP contribution is -2.27. The number of carbonyl (C=O) groups excluding carboxylic acids is 1. The highest BCUT2D eigenvalue weighted by Crippen LogP contribution is 2.26. The van der Waals surface area contributed by atoms with Gasteiger partial charge in [0, 0.05) is 25.7 Å². The van der Waals surface area contributed by atoms with Crippen LogP contribution in [0.15, 0.2) is 77.4 Å². The van der Waals surface area contributed by atoms with Crippen molar-refractivity contribution in [3.05, 3.63) is 84.4 Å². The lowest BCUT2D eigenvalue weighted by molar-refractivity contribution is 0.0954. The summed E-state index contributed by atoms with van der Waals surface area (Å²) in [4.78, 5) is 19.2. The molecule has 0 radical (unpaired) electrons. The van der Waals surface area contributed by atoms with Gasteiger partial charge in [0.1, 0.15) is 5.82 Å². The molecule has 0 saturated heterocycles. The molecule has 0 atom stereocenters. The zero-order valence-electron chi connectivity index (χ0n) is 16.0. The summed E-state index contributed by atoms with van der Waals surface area (Å²) in [6, 6.07) is 21.1. The molecule has 0 unspecified atom stereocenters. The van der Waals surface area contributed by atoms with E-state index >= 15 is 0 Å². The number of benzene rings is 2. The van der Waals surface area contributed by atoms with E-state index < -0.39 is 0 Å². The summed E-state index contributed by atoms with van der Waals surface area (Å²) >= 11 is 0. The van der Waals surface area contributed by atoms with Gasteiger partial charge in [-0.05, 0) is 36.4 Å². The van der Waals surface area contributed by atoms with Crippen molar-refractivity contribution >= 4 is 17.3 Å². The molecule has 0 saturated carbocycles. The summed E-state index contributed by atoms with van der Waals surface area (Å²) in [6.45, 7) is 0.439. The van der Waals surface area contributed by atoms with E-state index in [1.165, 1.54) is 0 Å². The molecule has 0 bridgehead atoms. The van der Waals surface area contributed by atoms with E-state index in [1.54, 1.807) is 18.4 Å². The van der Waals surface area contributed by atoms with Gasteiger partial charge >= 0.3 is 0 Å². The second-order valence-electron chi connectivity index (χ2n) is 6.50. The van der Waals surface area contributed by atoms with Crippen LogP contribution in [0.25, 0.3) is 11.6 Å². The number of furan rings is 1. The van der Waals surface area contributed by atoms with Crippen LogP contribution in [0, 0.1) is 0 Å². The number of carbonyl (C=O) groups is 1. The van der Waals surface area contributed by atoms with Crippen molar-refractivity contribution in [2.45, 2.75) is 6.42 Å². The lowest BCUT2D eigenvalue weighted by atomic mass is 10.1. The number of H-pyrrole nitrogens is 1. The largest absolute Gasteiger partial charge is 0.461 e. The fourth-order valence-corrected chi connectivity index (χ4v) is 3.06. The third kappa shape index (κ3) is 4.19. The number of nitrogens with zero attached hydrogens (tertiary/aromatic N) is 3. The topological polar surface area (TPSA) is 87.1 Å². The van der Waals surface area contributed by atoms with Gasteiger partial charge in [-0.1, -0.05) is 30.3 Å². The Balaban J connectivity index is 1.40. The smallest absolute Gasteiger partial charge is 0.253 e. The van der Waals surface area contributed by atoms with E-state index in [9.17, 15) is 4.79 Å². The molecule has 2 aromatic heterocycles. The molecule has 2 N–H and O–H groups in total. The summed E-state index contributed by atoms with van der Waals surface area (Å²) in [5, 5.41) is 9.98. The van der Waals surface area contributed by atoms with Crippen molar-refractivity contribution in [2.24, 2.45) is 0 Å². The van der Waals surface area contributed by atoms with Gasteiger partial charge in [0.15, 0.2) is 5.76 Å². The first-order valence-electron chi connectivity index (χ1n) is 9.33. The van der Waals surface area contributed by atoms with E-state index in [0.717, 1.165) is 11.4 Å². The van der Waals surface area contributed by atoms with E-state index in [0.29, 0.717) is 35.9 Å². The average molecular weight is 387 g/mol. The number of para-hydroxylation sites is 2. The lowest BCUT2D eigenvalue weighted by Gasteiger charge is -2.22. The number of amides is 1. The Labute approximate surface area is 168 Å². The number of nitrogens with one attached hydrogen (secondary N) is 2. The van der Waals surface area contributed by atoms with Gasteiger partial charge < -0.3 is 14.6 Å². The second-order valence-corrected chi connectivity index (χ2v) is 6.50.